The minimum Gasteiger partial charge on any atom is -0.370 e. The summed E-state index contributed by atoms with van der Waals surface area (Å²) in [5.74, 6) is 1.50. The number of nitrogens with one attached hydrogen (secondary N) is 1. The highest BCUT2D eigenvalue weighted by atomic mass is 16.1. The fourth-order valence-corrected chi connectivity index (χ4v) is 2.30. The van der Waals surface area contributed by atoms with Crippen LogP contribution in [0.15, 0.2) is 0 Å². The van der Waals surface area contributed by atoms with E-state index < -0.39 is 0 Å². The second kappa shape index (κ2) is 6.11. The molecule has 15 heavy (non-hydrogen) atoms. The smallest absolute Gasteiger partial charge is 0.217 e. The van der Waals surface area contributed by atoms with Gasteiger partial charge in [-0.05, 0) is 44.1 Å². The highest BCUT2D eigenvalue weighted by Crippen LogP contribution is 2.29. The van der Waals surface area contributed by atoms with Gasteiger partial charge >= 0.3 is 0 Å². The van der Waals surface area contributed by atoms with Gasteiger partial charge in [0.05, 0.1) is 0 Å². The molecule has 0 saturated heterocycles. The Hall–Kier alpha value is -0.570. The molecule has 0 spiro atoms. The Morgan fingerprint density at radius 1 is 1.33 bits per heavy atom. The lowest BCUT2D eigenvalue weighted by Gasteiger charge is -2.32. The number of nitrogens with two attached hydrogens (primary N) is 1. The Kier molecular flexibility index (Phi) is 5.09. The highest BCUT2D eigenvalue weighted by Gasteiger charge is 2.23. The maximum absolute atomic E-state index is 10.5. The van der Waals surface area contributed by atoms with Crippen molar-refractivity contribution in [3.63, 3.8) is 0 Å². The lowest BCUT2D eigenvalue weighted by molar-refractivity contribution is -0.118. The van der Waals surface area contributed by atoms with Crippen LogP contribution in [0.5, 0.6) is 0 Å². The molecular formula is C12H24N2O. The van der Waals surface area contributed by atoms with Crippen LogP contribution in [-0.4, -0.2) is 18.5 Å². The van der Waals surface area contributed by atoms with Gasteiger partial charge in [0.1, 0.15) is 0 Å². The van der Waals surface area contributed by atoms with Crippen LogP contribution < -0.4 is 11.1 Å². The zero-order chi connectivity index (χ0) is 11.3. The van der Waals surface area contributed by atoms with E-state index in [1.807, 2.05) is 0 Å². The molecule has 1 amide bonds. The van der Waals surface area contributed by atoms with Crippen LogP contribution in [0.25, 0.3) is 0 Å². The molecule has 0 bridgehead atoms. The van der Waals surface area contributed by atoms with Crippen molar-refractivity contribution in [3.05, 3.63) is 0 Å². The molecule has 88 valence electrons. The van der Waals surface area contributed by atoms with E-state index in [0.29, 0.717) is 12.5 Å². The Balaban J connectivity index is 2.09. The van der Waals surface area contributed by atoms with Crippen molar-refractivity contribution in [2.24, 2.45) is 17.6 Å². The summed E-state index contributed by atoms with van der Waals surface area (Å²) >= 11 is 0. The maximum Gasteiger partial charge on any atom is 0.217 e. The number of amides is 1. The number of rotatable bonds is 5. The van der Waals surface area contributed by atoms with Crippen LogP contribution in [0, 0.1) is 11.8 Å². The predicted octanol–water partition coefficient (Wildman–Crippen LogP) is 1.67. The Morgan fingerprint density at radius 2 is 2.07 bits per heavy atom. The second-order valence-electron chi connectivity index (χ2n) is 4.99. The largest absolute Gasteiger partial charge is 0.370 e. The van der Waals surface area contributed by atoms with E-state index >= 15 is 0 Å². The van der Waals surface area contributed by atoms with Gasteiger partial charge in [-0.15, -0.1) is 0 Å². The molecule has 3 unspecified atom stereocenters. The van der Waals surface area contributed by atoms with E-state index in [2.05, 4.69) is 19.2 Å². The molecule has 1 rings (SSSR count). The van der Waals surface area contributed by atoms with Gasteiger partial charge in [-0.25, -0.2) is 0 Å². The lowest BCUT2D eigenvalue weighted by Crippen LogP contribution is -2.36. The average Bonchev–Trinajstić information content (AvgIpc) is 2.18. The van der Waals surface area contributed by atoms with E-state index in [1.165, 1.54) is 19.3 Å². The minimum atomic E-state index is -0.192. The normalized spacial score (nSPS) is 31.5. The monoisotopic (exact) mass is 212 g/mol. The highest BCUT2D eigenvalue weighted by molar-refractivity contribution is 5.73. The van der Waals surface area contributed by atoms with Gasteiger partial charge in [-0.1, -0.05) is 13.8 Å². The van der Waals surface area contributed by atoms with Gasteiger partial charge in [0.2, 0.25) is 5.91 Å². The molecule has 1 saturated carbocycles. The molecule has 1 fully saturated rings. The molecule has 1 aliphatic carbocycles. The molecule has 0 aromatic carbocycles. The number of carbonyl (C=O) groups is 1. The first-order valence-corrected chi connectivity index (χ1v) is 6.11. The minimum absolute atomic E-state index is 0.192. The summed E-state index contributed by atoms with van der Waals surface area (Å²) in [6.07, 6.45) is 5.26. The molecule has 0 heterocycles. The van der Waals surface area contributed by atoms with Crippen molar-refractivity contribution in [2.75, 3.05) is 6.54 Å². The van der Waals surface area contributed by atoms with Crippen molar-refractivity contribution in [1.82, 2.24) is 5.32 Å². The van der Waals surface area contributed by atoms with Crippen molar-refractivity contribution in [3.8, 4) is 0 Å². The summed E-state index contributed by atoms with van der Waals surface area (Å²) in [6, 6.07) is 0.657. The third-order valence-corrected chi connectivity index (χ3v) is 3.63. The average molecular weight is 212 g/mol. The first-order chi connectivity index (χ1) is 7.09. The standard InChI is InChI=1S/C12H24N2O/c1-9-5-6-11(8-10(9)2)14-7-3-4-12(13)15/h9-11,14H,3-8H2,1-2H3,(H2,13,15). The summed E-state index contributed by atoms with van der Waals surface area (Å²) in [6.45, 7) is 5.60. The van der Waals surface area contributed by atoms with Gasteiger partial charge in [0, 0.05) is 12.5 Å². The number of hydrogen-bond donors (Lipinski definition) is 2. The first-order valence-electron chi connectivity index (χ1n) is 6.11. The quantitative estimate of drug-likeness (QED) is 0.681. The summed E-state index contributed by atoms with van der Waals surface area (Å²) in [7, 11) is 0. The Labute approximate surface area is 92.8 Å². The van der Waals surface area contributed by atoms with E-state index in [0.717, 1.165) is 24.8 Å². The molecule has 0 aromatic rings. The molecule has 1 aliphatic rings. The molecule has 3 heteroatoms. The second-order valence-corrected chi connectivity index (χ2v) is 4.99. The van der Waals surface area contributed by atoms with Crippen LogP contribution in [-0.2, 0) is 4.79 Å². The van der Waals surface area contributed by atoms with Crippen LogP contribution in [0.3, 0.4) is 0 Å². The fourth-order valence-electron chi connectivity index (χ4n) is 2.30. The summed E-state index contributed by atoms with van der Waals surface area (Å²) in [5, 5.41) is 3.52. The van der Waals surface area contributed by atoms with Crippen LogP contribution in [0.1, 0.15) is 46.0 Å². The number of hydrogen-bond acceptors (Lipinski definition) is 2. The van der Waals surface area contributed by atoms with Crippen molar-refractivity contribution >= 4 is 5.91 Å². The SMILES string of the molecule is CC1CCC(NCCCC(N)=O)CC1C. The summed E-state index contributed by atoms with van der Waals surface area (Å²) in [5.41, 5.74) is 5.09. The van der Waals surface area contributed by atoms with Gasteiger partial charge in [-0.2, -0.15) is 0 Å². The molecular weight excluding hydrogens is 188 g/mol. The van der Waals surface area contributed by atoms with Gasteiger partial charge in [0.15, 0.2) is 0 Å². The van der Waals surface area contributed by atoms with Crippen molar-refractivity contribution < 1.29 is 4.79 Å². The number of carbonyl (C=O) groups excluding carboxylic acids is 1. The molecule has 0 radical (unpaired) electrons. The zero-order valence-electron chi connectivity index (χ0n) is 9.96. The van der Waals surface area contributed by atoms with Gasteiger partial charge in [-0.3, -0.25) is 4.79 Å². The molecule has 3 nitrogen and oxygen atoms in total. The Bertz CT molecular complexity index is 206. The van der Waals surface area contributed by atoms with Crippen LogP contribution in [0.4, 0.5) is 0 Å². The van der Waals surface area contributed by atoms with E-state index in [1.54, 1.807) is 0 Å². The predicted molar refractivity (Wildman–Crippen MR) is 62.4 cm³/mol. The first kappa shape index (κ1) is 12.5. The molecule has 0 aliphatic heterocycles. The molecule has 0 aromatic heterocycles. The van der Waals surface area contributed by atoms with Crippen LogP contribution in [0.2, 0.25) is 0 Å². The van der Waals surface area contributed by atoms with Crippen molar-refractivity contribution in [2.45, 2.75) is 52.0 Å². The third-order valence-electron chi connectivity index (χ3n) is 3.63. The zero-order valence-corrected chi connectivity index (χ0v) is 9.96. The van der Waals surface area contributed by atoms with E-state index in [-0.39, 0.29) is 5.91 Å². The topological polar surface area (TPSA) is 55.1 Å². The Morgan fingerprint density at radius 3 is 2.67 bits per heavy atom. The lowest BCUT2D eigenvalue weighted by atomic mass is 9.79. The van der Waals surface area contributed by atoms with E-state index in [4.69, 9.17) is 5.73 Å². The summed E-state index contributed by atoms with van der Waals surface area (Å²) < 4.78 is 0. The van der Waals surface area contributed by atoms with E-state index in [9.17, 15) is 4.79 Å². The van der Waals surface area contributed by atoms with Crippen molar-refractivity contribution in [1.29, 1.82) is 0 Å². The third kappa shape index (κ3) is 4.65. The van der Waals surface area contributed by atoms with Gasteiger partial charge in [0.25, 0.3) is 0 Å². The maximum atomic E-state index is 10.5. The van der Waals surface area contributed by atoms with Crippen LogP contribution >= 0.6 is 0 Å². The number of primary amides is 1. The summed E-state index contributed by atoms with van der Waals surface area (Å²) in [4.78, 5) is 10.5. The van der Waals surface area contributed by atoms with Gasteiger partial charge < -0.3 is 11.1 Å². The fraction of sp³-hybridized carbons (Fsp3) is 0.917. The molecule has 3 atom stereocenters. The molecule has 3 N–H and O–H groups in total.